The Morgan fingerprint density at radius 1 is 1.15 bits per heavy atom. The Bertz CT molecular complexity index is 708. The van der Waals surface area contributed by atoms with E-state index >= 15 is 0 Å². The van der Waals surface area contributed by atoms with Gasteiger partial charge in [0.05, 0.1) is 27.2 Å². The Morgan fingerprint density at radius 2 is 1.81 bits per heavy atom. The Hall–Kier alpha value is -1.55. The van der Waals surface area contributed by atoms with Crippen LogP contribution >= 0.6 is 0 Å². The highest BCUT2D eigenvalue weighted by molar-refractivity contribution is 5.72. The number of ether oxygens (including phenoxy) is 2. The minimum atomic E-state index is -0.269. The molecule has 0 saturated heterocycles. The molecule has 0 saturated carbocycles. The van der Waals surface area contributed by atoms with E-state index in [0.717, 1.165) is 52.7 Å². The predicted octanol–water partition coefficient (Wildman–Crippen LogP) is 4.89. The molecular weight excluding hydrogens is 338 g/mol. The van der Waals surface area contributed by atoms with Gasteiger partial charge in [-0.3, -0.25) is 4.79 Å². The summed E-state index contributed by atoms with van der Waals surface area (Å²) in [6.45, 7) is 14.4. The molecule has 0 aromatic heterocycles. The second-order valence-electron chi connectivity index (χ2n) is 9.14. The van der Waals surface area contributed by atoms with Crippen LogP contribution in [-0.4, -0.2) is 43.2 Å². The molecule has 0 fully saturated rings. The molecule has 0 amide bonds. The van der Waals surface area contributed by atoms with Crippen LogP contribution in [0.2, 0.25) is 0 Å². The number of fused-ring (bicyclic) bond motifs is 1. The van der Waals surface area contributed by atoms with E-state index < -0.39 is 0 Å². The summed E-state index contributed by atoms with van der Waals surface area (Å²) in [7, 11) is 4.64. The fourth-order valence-corrected chi connectivity index (χ4v) is 3.99. The van der Waals surface area contributed by atoms with E-state index in [9.17, 15) is 4.79 Å². The fraction of sp³-hybridized carbons (Fsp3) is 0.696. The quantitative estimate of drug-likeness (QED) is 0.386. The largest absolute Gasteiger partial charge is 0.487 e. The number of benzene rings is 1. The van der Waals surface area contributed by atoms with Crippen molar-refractivity contribution in [2.45, 2.75) is 79.2 Å². The second-order valence-corrected chi connectivity index (χ2v) is 9.14. The van der Waals surface area contributed by atoms with Gasteiger partial charge in [0.15, 0.2) is 0 Å². The van der Waals surface area contributed by atoms with Crippen molar-refractivity contribution in [1.29, 1.82) is 0 Å². The predicted molar refractivity (Wildman–Crippen MR) is 111 cm³/mol. The van der Waals surface area contributed by atoms with Crippen molar-refractivity contribution >= 4 is 5.97 Å². The summed E-state index contributed by atoms with van der Waals surface area (Å²) in [6.07, 6.45) is 5.52. The Balaban J connectivity index is 2.23. The van der Waals surface area contributed by atoms with E-state index in [1.165, 1.54) is 31.9 Å². The fourth-order valence-electron chi connectivity index (χ4n) is 3.99. The maximum atomic E-state index is 11.5. The van der Waals surface area contributed by atoms with E-state index in [2.05, 4.69) is 34.9 Å². The van der Waals surface area contributed by atoms with Crippen molar-refractivity contribution in [3.05, 3.63) is 22.3 Å². The summed E-state index contributed by atoms with van der Waals surface area (Å²) in [5, 5.41) is 0. The molecular formula is C23H38NO3+. The summed E-state index contributed by atoms with van der Waals surface area (Å²) in [5.74, 6) is 1.45. The van der Waals surface area contributed by atoms with Crippen LogP contribution in [0.15, 0.2) is 0 Å². The third kappa shape index (κ3) is 5.04. The topological polar surface area (TPSA) is 35.5 Å². The zero-order valence-electron chi connectivity index (χ0n) is 18.6. The second kappa shape index (κ2) is 8.22. The molecule has 4 heteroatoms. The van der Waals surface area contributed by atoms with Crippen LogP contribution in [0, 0.1) is 20.8 Å². The lowest BCUT2D eigenvalue weighted by molar-refractivity contribution is -0.891. The molecule has 27 heavy (non-hydrogen) atoms. The average Bonchev–Trinajstić information content (AvgIpc) is 2.60. The Kier molecular flexibility index (Phi) is 6.62. The number of unbranched alkanes of at least 4 members (excludes halogenated alkanes) is 1. The van der Waals surface area contributed by atoms with Gasteiger partial charge in [-0.05, 0) is 63.6 Å². The smallest absolute Gasteiger partial charge is 0.308 e. The Morgan fingerprint density at radius 3 is 2.41 bits per heavy atom. The summed E-state index contributed by atoms with van der Waals surface area (Å²) in [4.78, 5) is 11.5. The minimum Gasteiger partial charge on any atom is -0.487 e. The number of esters is 1. The van der Waals surface area contributed by atoms with Gasteiger partial charge in [-0.1, -0.05) is 13.3 Å². The third-order valence-corrected chi connectivity index (χ3v) is 6.17. The number of carbonyl (C=O) groups excluding carboxylic acids is 1. The van der Waals surface area contributed by atoms with Gasteiger partial charge in [-0.2, -0.15) is 0 Å². The highest BCUT2D eigenvalue weighted by atomic mass is 16.5. The van der Waals surface area contributed by atoms with Crippen LogP contribution in [0.1, 0.15) is 68.7 Å². The number of nitrogens with zero attached hydrogens (tertiary/aromatic N) is 1. The van der Waals surface area contributed by atoms with E-state index in [-0.39, 0.29) is 11.6 Å². The standard InChI is InChI=1S/C23H38NO3/c1-9-10-14-24(7,8)15-13-23(6)12-11-20-18(4)21(26-19(5)25)16(2)17(3)22(20)27-23/h9-15H2,1-8H3/q+1. The normalized spacial score (nSPS) is 19.4. The SMILES string of the molecule is CCCC[N+](C)(C)CCC1(C)CCc2c(C)c(OC(C)=O)c(C)c(C)c2O1. The van der Waals surface area contributed by atoms with Crippen LogP contribution in [0.25, 0.3) is 0 Å². The molecule has 0 aliphatic carbocycles. The van der Waals surface area contributed by atoms with Gasteiger partial charge in [-0.15, -0.1) is 0 Å². The van der Waals surface area contributed by atoms with E-state index in [4.69, 9.17) is 9.47 Å². The van der Waals surface area contributed by atoms with Gasteiger partial charge in [0, 0.05) is 18.9 Å². The molecule has 0 bridgehead atoms. The van der Waals surface area contributed by atoms with Crippen LogP contribution < -0.4 is 9.47 Å². The lowest BCUT2D eigenvalue weighted by Gasteiger charge is -2.40. The number of rotatable bonds is 7. The van der Waals surface area contributed by atoms with Gasteiger partial charge >= 0.3 is 5.97 Å². The molecule has 1 aromatic rings. The number of quaternary nitrogens is 1. The summed E-state index contributed by atoms with van der Waals surface area (Å²) < 4.78 is 13.2. The third-order valence-electron chi connectivity index (χ3n) is 6.17. The van der Waals surface area contributed by atoms with Crippen LogP contribution in [-0.2, 0) is 11.2 Å². The molecule has 2 rings (SSSR count). The van der Waals surface area contributed by atoms with Gasteiger partial charge in [-0.25, -0.2) is 0 Å². The van der Waals surface area contributed by atoms with Crippen LogP contribution in [0.4, 0.5) is 0 Å². The molecule has 0 spiro atoms. The molecule has 1 unspecified atom stereocenters. The number of hydrogen-bond donors (Lipinski definition) is 0. The number of hydrogen-bond acceptors (Lipinski definition) is 3. The molecule has 152 valence electrons. The van der Waals surface area contributed by atoms with E-state index in [0.29, 0.717) is 5.75 Å². The molecule has 1 aliphatic heterocycles. The first-order chi connectivity index (χ1) is 12.5. The van der Waals surface area contributed by atoms with Crippen LogP contribution in [0.5, 0.6) is 11.5 Å². The van der Waals surface area contributed by atoms with Crippen molar-refractivity contribution in [3.63, 3.8) is 0 Å². The van der Waals surface area contributed by atoms with Crippen molar-refractivity contribution in [3.8, 4) is 11.5 Å². The van der Waals surface area contributed by atoms with Crippen LogP contribution in [0.3, 0.4) is 0 Å². The summed E-state index contributed by atoms with van der Waals surface area (Å²) in [5.41, 5.74) is 4.21. The minimum absolute atomic E-state index is 0.138. The molecule has 1 heterocycles. The van der Waals surface area contributed by atoms with Gasteiger partial charge < -0.3 is 14.0 Å². The van der Waals surface area contributed by atoms with Crippen molar-refractivity contribution in [2.75, 3.05) is 27.2 Å². The highest BCUT2D eigenvalue weighted by Gasteiger charge is 2.36. The van der Waals surface area contributed by atoms with E-state index in [1.54, 1.807) is 0 Å². The highest BCUT2D eigenvalue weighted by Crippen LogP contribution is 2.44. The monoisotopic (exact) mass is 376 g/mol. The van der Waals surface area contributed by atoms with Gasteiger partial charge in [0.1, 0.15) is 17.1 Å². The molecule has 1 atom stereocenters. The van der Waals surface area contributed by atoms with Gasteiger partial charge in [0.2, 0.25) is 0 Å². The maximum absolute atomic E-state index is 11.5. The first kappa shape index (κ1) is 21.7. The molecule has 0 N–H and O–H groups in total. The lowest BCUT2D eigenvalue weighted by atomic mass is 9.85. The Labute approximate surface area is 165 Å². The lowest BCUT2D eigenvalue weighted by Crippen LogP contribution is -2.47. The first-order valence-corrected chi connectivity index (χ1v) is 10.3. The molecule has 0 radical (unpaired) electrons. The summed E-state index contributed by atoms with van der Waals surface area (Å²) in [6, 6.07) is 0. The van der Waals surface area contributed by atoms with Gasteiger partial charge in [0.25, 0.3) is 0 Å². The zero-order valence-corrected chi connectivity index (χ0v) is 18.6. The summed E-state index contributed by atoms with van der Waals surface area (Å²) >= 11 is 0. The van der Waals surface area contributed by atoms with Crippen molar-refractivity contribution < 1.29 is 18.8 Å². The molecule has 4 nitrogen and oxygen atoms in total. The maximum Gasteiger partial charge on any atom is 0.308 e. The van der Waals surface area contributed by atoms with E-state index in [1.807, 2.05) is 13.8 Å². The molecule has 1 aromatic carbocycles. The average molecular weight is 377 g/mol. The zero-order chi connectivity index (χ0) is 20.4. The number of carbonyl (C=O) groups is 1. The first-order valence-electron chi connectivity index (χ1n) is 10.3. The van der Waals surface area contributed by atoms with Crippen molar-refractivity contribution in [2.24, 2.45) is 0 Å². The molecule has 1 aliphatic rings. The van der Waals surface area contributed by atoms with Crippen molar-refractivity contribution in [1.82, 2.24) is 0 Å².